The zero-order chi connectivity index (χ0) is 19.2. The number of amides is 2. The van der Waals surface area contributed by atoms with Crippen molar-refractivity contribution in [2.75, 3.05) is 45.8 Å². The van der Waals surface area contributed by atoms with Crippen LogP contribution < -0.4 is 0 Å². The number of likely N-dealkylation sites (N-methyl/N-ethyl adjacent to an activating group) is 1. The van der Waals surface area contributed by atoms with Crippen molar-refractivity contribution in [3.63, 3.8) is 0 Å². The van der Waals surface area contributed by atoms with Crippen molar-refractivity contribution in [3.8, 4) is 0 Å². The van der Waals surface area contributed by atoms with Gasteiger partial charge in [-0.3, -0.25) is 14.5 Å². The summed E-state index contributed by atoms with van der Waals surface area (Å²) in [5.41, 5.74) is 2.31. The Labute approximate surface area is 161 Å². The molecule has 2 heterocycles. The van der Waals surface area contributed by atoms with E-state index in [0.29, 0.717) is 26.1 Å². The molecule has 27 heavy (non-hydrogen) atoms. The molecule has 1 aromatic heterocycles. The number of benzene rings is 1. The lowest BCUT2D eigenvalue weighted by molar-refractivity contribution is -0.135. The van der Waals surface area contributed by atoms with Crippen LogP contribution in [0.15, 0.2) is 30.5 Å². The molecule has 2 aromatic rings. The SMILES string of the molecule is CCN(CC)C(=O)CN1CCN(C(=O)CCc2c[nH]c3ccccc23)CC1. The average Bonchev–Trinajstić information content (AvgIpc) is 3.11. The Balaban J connectivity index is 1.45. The van der Waals surface area contributed by atoms with Gasteiger partial charge in [0.25, 0.3) is 0 Å². The highest BCUT2D eigenvalue weighted by atomic mass is 16.2. The molecule has 3 rings (SSSR count). The van der Waals surface area contributed by atoms with Crippen molar-refractivity contribution < 1.29 is 9.59 Å². The Hall–Kier alpha value is -2.34. The van der Waals surface area contributed by atoms with Gasteiger partial charge in [0.15, 0.2) is 0 Å². The van der Waals surface area contributed by atoms with Crippen molar-refractivity contribution in [3.05, 3.63) is 36.0 Å². The molecule has 6 heteroatoms. The van der Waals surface area contributed by atoms with E-state index in [1.165, 1.54) is 10.9 Å². The van der Waals surface area contributed by atoms with Crippen LogP contribution >= 0.6 is 0 Å². The molecule has 146 valence electrons. The van der Waals surface area contributed by atoms with Crippen molar-refractivity contribution in [1.29, 1.82) is 0 Å². The summed E-state index contributed by atoms with van der Waals surface area (Å²) in [5.74, 6) is 0.383. The second-order valence-corrected chi connectivity index (χ2v) is 7.08. The largest absolute Gasteiger partial charge is 0.361 e. The topological polar surface area (TPSA) is 59.7 Å². The van der Waals surface area contributed by atoms with E-state index in [1.54, 1.807) is 0 Å². The second-order valence-electron chi connectivity index (χ2n) is 7.08. The van der Waals surface area contributed by atoms with Crippen LogP contribution in [0.4, 0.5) is 0 Å². The fourth-order valence-electron chi connectivity index (χ4n) is 3.76. The average molecular weight is 370 g/mol. The van der Waals surface area contributed by atoms with Crippen LogP contribution in [0.1, 0.15) is 25.8 Å². The molecule has 1 aromatic carbocycles. The minimum Gasteiger partial charge on any atom is -0.361 e. The zero-order valence-electron chi connectivity index (χ0n) is 16.4. The normalized spacial score (nSPS) is 15.3. The highest BCUT2D eigenvalue weighted by Crippen LogP contribution is 2.19. The first-order valence-corrected chi connectivity index (χ1v) is 9.95. The van der Waals surface area contributed by atoms with Crippen molar-refractivity contribution in [2.45, 2.75) is 26.7 Å². The number of nitrogens with one attached hydrogen (secondary N) is 1. The molecule has 1 aliphatic heterocycles. The lowest BCUT2D eigenvalue weighted by Gasteiger charge is -2.35. The maximum atomic E-state index is 12.6. The quantitative estimate of drug-likeness (QED) is 0.812. The van der Waals surface area contributed by atoms with Crippen LogP contribution in [0.5, 0.6) is 0 Å². The number of carbonyl (C=O) groups is 2. The molecular weight excluding hydrogens is 340 g/mol. The van der Waals surface area contributed by atoms with E-state index in [0.717, 1.165) is 38.1 Å². The predicted octanol–water partition coefficient (Wildman–Crippen LogP) is 2.11. The van der Waals surface area contributed by atoms with Crippen LogP contribution in [0.25, 0.3) is 10.9 Å². The van der Waals surface area contributed by atoms with E-state index in [4.69, 9.17) is 0 Å². The Kier molecular flexibility index (Phi) is 6.50. The fraction of sp³-hybridized carbons (Fsp3) is 0.524. The van der Waals surface area contributed by atoms with Crippen LogP contribution in [0.3, 0.4) is 0 Å². The monoisotopic (exact) mass is 370 g/mol. The van der Waals surface area contributed by atoms with Crippen molar-refractivity contribution >= 4 is 22.7 Å². The first-order chi connectivity index (χ1) is 13.1. The van der Waals surface area contributed by atoms with Gasteiger partial charge in [0.05, 0.1) is 6.54 Å². The van der Waals surface area contributed by atoms with Gasteiger partial charge in [0, 0.05) is 62.8 Å². The van der Waals surface area contributed by atoms with Crippen molar-refractivity contribution in [2.24, 2.45) is 0 Å². The molecule has 0 spiro atoms. The number of hydrogen-bond donors (Lipinski definition) is 1. The summed E-state index contributed by atoms with van der Waals surface area (Å²) in [6, 6.07) is 8.19. The van der Waals surface area contributed by atoms with Gasteiger partial charge >= 0.3 is 0 Å². The zero-order valence-corrected chi connectivity index (χ0v) is 16.4. The molecule has 0 bridgehead atoms. The second kappa shape index (κ2) is 9.04. The maximum Gasteiger partial charge on any atom is 0.236 e. The third kappa shape index (κ3) is 4.69. The Morgan fingerprint density at radius 1 is 1.07 bits per heavy atom. The molecule has 0 radical (unpaired) electrons. The van der Waals surface area contributed by atoms with E-state index in [9.17, 15) is 9.59 Å². The molecule has 0 saturated carbocycles. The standard InChI is InChI=1S/C21H30N4O2/c1-3-24(4-2)21(27)16-23-11-13-25(14-12-23)20(26)10-9-17-15-22-19-8-6-5-7-18(17)19/h5-8,15,22H,3-4,9-14,16H2,1-2H3. The number of hydrogen-bond acceptors (Lipinski definition) is 3. The Morgan fingerprint density at radius 3 is 2.48 bits per heavy atom. The number of nitrogens with zero attached hydrogens (tertiary/aromatic N) is 3. The third-order valence-corrected chi connectivity index (χ3v) is 5.48. The van der Waals surface area contributed by atoms with Gasteiger partial charge in [-0.15, -0.1) is 0 Å². The van der Waals surface area contributed by atoms with Gasteiger partial charge in [0.2, 0.25) is 11.8 Å². The highest BCUT2D eigenvalue weighted by Gasteiger charge is 2.23. The number of aryl methyl sites for hydroxylation is 1. The summed E-state index contributed by atoms with van der Waals surface area (Å²) < 4.78 is 0. The van der Waals surface area contributed by atoms with Gasteiger partial charge in [-0.05, 0) is 31.9 Å². The molecule has 1 aliphatic rings. The molecule has 0 aliphatic carbocycles. The van der Waals surface area contributed by atoms with Crippen LogP contribution in [0, 0.1) is 0 Å². The van der Waals surface area contributed by atoms with E-state index in [-0.39, 0.29) is 11.8 Å². The van der Waals surface area contributed by atoms with Crippen LogP contribution in [-0.2, 0) is 16.0 Å². The van der Waals surface area contributed by atoms with Crippen LogP contribution in [0.2, 0.25) is 0 Å². The number of carbonyl (C=O) groups excluding carboxylic acids is 2. The minimum absolute atomic E-state index is 0.180. The van der Waals surface area contributed by atoms with Crippen LogP contribution in [-0.4, -0.2) is 77.3 Å². The highest BCUT2D eigenvalue weighted by molar-refractivity contribution is 5.84. The Bertz CT molecular complexity index is 773. The smallest absolute Gasteiger partial charge is 0.236 e. The molecule has 0 unspecified atom stereocenters. The van der Waals surface area contributed by atoms with Gasteiger partial charge in [-0.25, -0.2) is 0 Å². The number of fused-ring (bicyclic) bond motifs is 1. The van der Waals surface area contributed by atoms with E-state index in [1.807, 2.05) is 42.0 Å². The number of H-pyrrole nitrogens is 1. The molecule has 1 saturated heterocycles. The van der Waals surface area contributed by atoms with E-state index in [2.05, 4.69) is 22.0 Å². The number of para-hydroxylation sites is 1. The Morgan fingerprint density at radius 2 is 1.78 bits per heavy atom. The summed E-state index contributed by atoms with van der Waals surface area (Å²) >= 11 is 0. The maximum absolute atomic E-state index is 12.6. The lowest BCUT2D eigenvalue weighted by Crippen LogP contribution is -2.51. The molecule has 1 N–H and O–H groups in total. The molecule has 2 amide bonds. The minimum atomic E-state index is 0.180. The summed E-state index contributed by atoms with van der Waals surface area (Å²) in [4.78, 5) is 34.0. The predicted molar refractivity (Wildman–Crippen MR) is 108 cm³/mol. The van der Waals surface area contributed by atoms with Gasteiger partial charge in [0.1, 0.15) is 0 Å². The third-order valence-electron chi connectivity index (χ3n) is 5.48. The van der Waals surface area contributed by atoms with Gasteiger partial charge in [-0.1, -0.05) is 18.2 Å². The number of rotatable bonds is 7. The van der Waals surface area contributed by atoms with Gasteiger partial charge in [-0.2, -0.15) is 0 Å². The summed E-state index contributed by atoms with van der Waals surface area (Å²) in [7, 11) is 0. The lowest BCUT2D eigenvalue weighted by atomic mass is 10.1. The van der Waals surface area contributed by atoms with Gasteiger partial charge < -0.3 is 14.8 Å². The fourth-order valence-corrected chi connectivity index (χ4v) is 3.76. The number of aromatic nitrogens is 1. The first-order valence-electron chi connectivity index (χ1n) is 9.95. The molecular formula is C21H30N4O2. The summed E-state index contributed by atoms with van der Waals surface area (Å²) in [6.07, 6.45) is 3.29. The molecule has 6 nitrogen and oxygen atoms in total. The van der Waals surface area contributed by atoms with Crippen molar-refractivity contribution in [1.82, 2.24) is 19.7 Å². The number of aromatic amines is 1. The molecule has 1 fully saturated rings. The van der Waals surface area contributed by atoms with E-state index >= 15 is 0 Å². The molecule has 0 atom stereocenters. The number of piperazine rings is 1. The summed E-state index contributed by atoms with van der Waals surface area (Å²) in [5, 5.41) is 1.20. The first kappa shape index (κ1) is 19.4. The van der Waals surface area contributed by atoms with E-state index < -0.39 is 0 Å². The summed E-state index contributed by atoms with van der Waals surface area (Å²) in [6.45, 7) is 8.92.